The van der Waals surface area contributed by atoms with Crippen LogP contribution >= 0.6 is 0 Å². The van der Waals surface area contributed by atoms with Crippen molar-refractivity contribution in [2.45, 2.75) is 26.4 Å². The number of allylic oxidation sites excluding steroid dienone is 1. The van der Waals surface area contributed by atoms with E-state index in [-0.39, 0.29) is 6.61 Å². The van der Waals surface area contributed by atoms with Crippen LogP contribution in [0.15, 0.2) is 86.0 Å². The molecule has 0 spiro atoms. The van der Waals surface area contributed by atoms with Crippen molar-refractivity contribution in [2.24, 2.45) is 0 Å². The lowest BCUT2D eigenvalue weighted by Crippen LogP contribution is -2.00. The molecule has 30 heavy (non-hydrogen) atoms. The van der Waals surface area contributed by atoms with Gasteiger partial charge in [-0.25, -0.2) is 4.79 Å². The van der Waals surface area contributed by atoms with Crippen LogP contribution in [0.3, 0.4) is 0 Å². The predicted octanol–water partition coefficient (Wildman–Crippen LogP) is 6.44. The van der Waals surface area contributed by atoms with E-state index in [1.165, 1.54) is 33.5 Å². The van der Waals surface area contributed by atoms with Crippen molar-refractivity contribution in [1.82, 2.24) is 4.57 Å². The molecule has 150 valence electrons. The van der Waals surface area contributed by atoms with Gasteiger partial charge in [0.1, 0.15) is 6.61 Å². The monoisotopic (exact) mass is 395 g/mol. The first kappa shape index (κ1) is 19.7. The molecule has 0 unspecified atom stereocenters. The Morgan fingerprint density at radius 3 is 2.20 bits per heavy atom. The summed E-state index contributed by atoms with van der Waals surface area (Å²) >= 11 is 0. The molecule has 3 heteroatoms. The van der Waals surface area contributed by atoms with Crippen molar-refractivity contribution in [3.63, 3.8) is 0 Å². The van der Waals surface area contributed by atoms with Gasteiger partial charge >= 0.3 is 5.97 Å². The highest BCUT2D eigenvalue weighted by Crippen LogP contribution is 2.33. The van der Waals surface area contributed by atoms with Gasteiger partial charge < -0.3 is 9.30 Å². The maximum atomic E-state index is 11.5. The third-order valence-corrected chi connectivity index (χ3v) is 5.37. The van der Waals surface area contributed by atoms with Crippen molar-refractivity contribution >= 4 is 27.8 Å². The van der Waals surface area contributed by atoms with E-state index in [0.717, 1.165) is 29.6 Å². The minimum Gasteiger partial charge on any atom is -0.458 e. The highest BCUT2D eigenvalue weighted by molar-refractivity contribution is 6.09. The summed E-state index contributed by atoms with van der Waals surface area (Å²) in [6.45, 7) is 9.62. The first-order valence-corrected chi connectivity index (χ1v) is 10.1. The van der Waals surface area contributed by atoms with Crippen LogP contribution in [0.1, 0.15) is 23.1 Å². The van der Waals surface area contributed by atoms with Gasteiger partial charge in [-0.05, 0) is 55.2 Å². The summed E-state index contributed by atoms with van der Waals surface area (Å²) in [6, 6.07) is 21.5. The molecule has 0 radical (unpaired) electrons. The lowest BCUT2D eigenvalue weighted by Gasteiger charge is -2.10. The van der Waals surface area contributed by atoms with Crippen molar-refractivity contribution in [3.05, 3.63) is 103 Å². The molecule has 0 bridgehead atoms. The number of hydrogen-bond acceptors (Lipinski definition) is 2. The highest BCUT2D eigenvalue weighted by Gasteiger charge is 2.14. The Labute approximate surface area is 176 Å². The quantitative estimate of drug-likeness (QED) is 0.205. The van der Waals surface area contributed by atoms with Crippen LogP contribution in [-0.4, -0.2) is 10.5 Å². The van der Waals surface area contributed by atoms with E-state index in [2.05, 4.69) is 79.2 Å². The molecule has 0 atom stereocenters. The van der Waals surface area contributed by atoms with Gasteiger partial charge in [0.25, 0.3) is 0 Å². The maximum Gasteiger partial charge on any atom is 0.330 e. The van der Waals surface area contributed by atoms with Crippen LogP contribution in [0.2, 0.25) is 0 Å². The zero-order chi connectivity index (χ0) is 21.1. The average Bonchev–Trinajstić information content (AvgIpc) is 3.09. The number of ether oxygens (including phenoxy) is 1. The Balaban J connectivity index is 1.91. The van der Waals surface area contributed by atoms with Crippen LogP contribution in [0.4, 0.5) is 0 Å². The van der Waals surface area contributed by atoms with E-state index in [9.17, 15) is 4.79 Å². The van der Waals surface area contributed by atoms with Crippen molar-refractivity contribution < 1.29 is 9.53 Å². The van der Waals surface area contributed by atoms with E-state index in [4.69, 9.17) is 4.74 Å². The number of carbonyl (C=O) groups is 1. The second-order valence-corrected chi connectivity index (χ2v) is 7.51. The van der Waals surface area contributed by atoms with Gasteiger partial charge in [0.15, 0.2) is 0 Å². The molecule has 4 rings (SSSR count). The normalized spacial score (nSPS) is 11.0. The fraction of sp³-hybridized carbons (Fsp3) is 0.148. The Hall–Kier alpha value is -3.59. The minimum atomic E-state index is -0.416. The molecule has 1 heterocycles. The number of benzene rings is 3. The second kappa shape index (κ2) is 8.42. The topological polar surface area (TPSA) is 31.2 Å². The number of hydrogen-bond donors (Lipinski definition) is 0. The number of aromatic nitrogens is 1. The standard InChI is InChI=1S/C27H25NO2/c1-4-6-7-20-10-14-23-24-15-11-21(18-30-27(29)5-2)17-26(24)28(25(23)16-20)22-12-8-19(3)9-13-22/h4-5,8-17H,1-2,6-7,18H2,3H3. The number of esters is 1. The fourth-order valence-electron chi connectivity index (χ4n) is 3.81. The molecular weight excluding hydrogens is 370 g/mol. The fourth-order valence-corrected chi connectivity index (χ4v) is 3.81. The first-order chi connectivity index (χ1) is 14.6. The Kier molecular flexibility index (Phi) is 5.53. The molecule has 0 aliphatic carbocycles. The molecule has 0 aliphatic rings. The van der Waals surface area contributed by atoms with Crippen molar-refractivity contribution in [3.8, 4) is 5.69 Å². The summed E-state index contributed by atoms with van der Waals surface area (Å²) in [4.78, 5) is 11.5. The zero-order valence-electron chi connectivity index (χ0n) is 17.2. The van der Waals surface area contributed by atoms with Gasteiger partial charge in [0, 0.05) is 22.5 Å². The highest BCUT2D eigenvalue weighted by atomic mass is 16.5. The SMILES string of the molecule is C=CCCc1ccc2c3ccc(COC(=O)C=C)cc3n(-c3ccc(C)cc3)c2c1. The average molecular weight is 396 g/mol. The van der Waals surface area contributed by atoms with E-state index in [1.807, 2.05) is 12.1 Å². The third kappa shape index (κ3) is 3.79. The summed E-state index contributed by atoms with van der Waals surface area (Å²) in [6.07, 6.45) is 5.07. The van der Waals surface area contributed by atoms with Gasteiger partial charge in [-0.2, -0.15) is 0 Å². The van der Waals surface area contributed by atoms with E-state index in [1.54, 1.807) is 0 Å². The maximum absolute atomic E-state index is 11.5. The molecule has 4 aromatic rings. The van der Waals surface area contributed by atoms with Gasteiger partial charge in [-0.3, -0.25) is 0 Å². The summed E-state index contributed by atoms with van der Waals surface area (Å²) in [7, 11) is 0. The second-order valence-electron chi connectivity index (χ2n) is 7.51. The van der Waals surface area contributed by atoms with Crippen LogP contribution in [0.5, 0.6) is 0 Å². The van der Waals surface area contributed by atoms with E-state index < -0.39 is 5.97 Å². The van der Waals surface area contributed by atoms with E-state index in [0.29, 0.717) is 0 Å². The largest absolute Gasteiger partial charge is 0.458 e. The summed E-state index contributed by atoms with van der Waals surface area (Å²) in [5, 5.41) is 2.39. The van der Waals surface area contributed by atoms with Crippen LogP contribution in [0.25, 0.3) is 27.5 Å². The number of rotatable bonds is 7. The first-order valence-electron chi connectivity index (χ1n) is 10.1. The lowest BCUT2D eigenvalue weighted by molar-refractivity contribution is -0.138. The summed E-state index contributed by atoms with van der Waals surface area (Å²) < 4.78 is 7.54. The number of fused-ring (bicyclic) bond motifs is 3. The van der Waals surface area contributed by atoms with Crippen LogP contribution < -0.4 is 0 Å². The summed E-state index contributed by atoms with van der Waals surface area (Å²) in [5.41, 5.74) is 6.85. The van der Waals surface area contributed by atoms with Gasteiger partial charge in [-0.15, -0.1) is 6.58 Å². The lowest BCUT2D eigenvalue weighted by atomic mass is 10.1. The Morgan fingerprint density at radius 1 is 0.933 bits per heavy atom. The van der Waals surface area contributed by atoms with Crippen molar-refractivity contribution in [2.75, 3.05) is 0 Å². The molecule has 0 amide bonds. The number of aryl methyl sites for hydroxylation is 2. The van der Waals surface area contributed by atoms with Gasteiger partial charge in [-0.1, -0.05) is 54.6 Å². The van der Waals surface area contributed by atoms with Crippen molar-refractivity contribution in [1.29, 1.82) is 0 Å². The minimum absolute atomic E-state index is 0.223. The zero-order valence-corrected chi connectivity index (χ0v) is 17.2. The Morgan fingerprint density at radius 2 is 1.57 bits per heavy atom. The number of nitrogens with zero attached hydrogens (tertiary/aromatic N) is 1. The van der Waals surface area contributed by atoms with Gasteiger partial charge in [0.2, 0.25) is 0 Å². The molecule has 3 aromatic carbocycles. The van der Waals surface area contributed by atoms with Crippen LogP contribution in [0, 0.1) is 6.92 Å². The Bertz CT molecular complexity index is 1250. The molecule has 0 fully saturated rings. The smallest absolute Gasteiger partial charge is 0.330 e. The molecule has 0 aliphatic heterocycles. The molecule has 3 nitrogen and oxygen atoms in total. The predicted molar refractivity (Wildman–Crippen MR) is 124 cm³/mol. The molecule has 1 aromatic heterocycles. The molecule has 0 N–H and O–H groups in total. The molecule has 0 saturated carbocycles. The molecule has 0 saturated heterocycles. The van der Waals surface area contributed by atoms with Crippen LogP contribution in [-0.2, 0) is 22.6 Å². The number of carbonyl (C=O) groups excluding carboxylic acids is 1. The summed E-state index contributed by atoms with van der Waals surface area (Å²) in [5.74, 6) is -0.416. The van der Waals surface area contributed by atoms with Gasteiger partial charge in [0.05, 0.1) is 11.0 Å². The van der Waals surface area contributed by atoms with E-state index >= 15 is 0 Å². The third-order valence-electron chi connectivity index (χ3n) is 5.37. The molecular formula is C27H25NO2.